The van der Waals surface area contributed by atoms with Crippen LogP contribution in [0.3, 0.4) is 0 Å². The molecule has 0 aliphatic heterocycles. The molecule has 0 atom stereocenters. The summed E-state index contributed by atoms with van der Waals surface area (Å²) in [7, 11) is 0. The molecule has 1 aliphatic carbocycles. The summed E-state index contributed by atoms with van der Waals surface area (Å²) in [5, 5.41) is 3.04. The van der Waals surface area contributed by atoms with Gasteiger partial charge in [-0.15, -0.1) is 0 Å². The zero-order valence-corrected chi connectivity index (χ0v) is 10.2. The second-order valence-electron chi connectivity index (χ2n) is 4.72. The molecular formula is C13H19N3O. The van der Waals surface area contributed by atoms with Crippen molar-refractivity contribution in [3.63, 3.8) is 0 Å². The van der Waals surface area contributed by atoms with E-state index in [1.165, 1.54) is 19.3 Å². The highest BCUT2D eigenvalue weighted by molar-refractivity contribution is 5.98. The molecule has 1 fully saturated rings. The van der Waals surface area contributed by atoms with E-state index < -0.39 is 0 Å². The Balaban J connectivity index is 2.03. The Morgan fingerprint density at radius 3 is 2.76 bits per heavy atom. The Morgan fingerprint density at radius 2 is 2.12 bits per heavy atom. The van der Waals surface area contributed by atoms with E-state index in [-0.39, 0.29) is 5.91 Å². The summed E-state index contributed by atoms with van der Waals surface area (Å²) < 4.78 is 0. The minimum atomic E-state index is -0.0955. The zero-order valence-electron chi connectivity index (χ0n) is 10.2. The number of nitrogen functional groups attached to an aromatic ring is 1. The van der Waals surface area contributed by atoms with E-state index in [2.05, 4.69) is 10.3 Å². The quantitative estimate of drug-likeness (QED) is 0.821. The molecule has 1 saturated carbocycles. The first-order chi connectivity index (χ1) is 8.16. The van der Waals surface area contributed by atoms with Gasteiger partial charge in [-0.2, -0.15) is 0 Å². The molecule has 0 unspecified atom stereocenters. The minimum absolute atomic E-state index is 0.0955. The average Bonchev–Trinajstić information content (AvgIpc) is 2.30. The van der Waals surface area contributed by atoms with E-state index in [1.807, 2.05) is 6.92 Å². The monoisotopic (exact) mass is 233 g/mol. The first-order valence-electron chi connectivity index (χ1n) is 6.20. The van der Waals surface area contributed by atoms with Crippen LogP contribution in [0.25, 0.3) is 0 Å². The van der Waals surface area contributed by atoms with Gasteiger partial charge in [0, 0.05) is 23.6 Å². The largest absolute Gasteiger partial charge is 0.398 e. The molecule has 4 heteroatoms. The maximum Gasteiger partial charge on any atom is 0.255 e. The van der Waals surface area contributed by atoms with Gasteiger partial charge in [0.15, 0.2) is 0 Å². The molecule has 0 aromatic carbocycles. The smallest absolute Gasteiger partial charge is 0.255 e. The fraction of sp³-hybridized carbons (Fsp3) is 0.538. The number of nitrogens with one attached hydrogen (secondary N) is 1. The van der Waals surface area contributed by atoms with Crippen LogP contribution in [0, 0.1) is 6.92 Å². The number of hydrogen-bond acceptors (Lipinski definition) is 3. The third kappa shape index (κ3) is 2.96. The molecule has 0 spiro atoms. The Bertz CT molecular complexity index is 411. The lowest BCUT2D eigenvalue weighted by atomic mass is 9.95. The van der Waals surface area contributed by atoms with Crippen molar-refractivity contribution in [2.24, 2.45) is 0 Å². The third-order valence-corrected chi connectivity index (χ3v) is 3.26. The van der Waals surface area contributed by atoms with Gasteiger partial charge in [0.2, 0.25) is 0 Å². The summed E-state index contributed by atoms with van der Waals surface area (Å²) in [4.78, 5) is 16.1. The number of hydrogen-bond donors (Lipinski definition) is 2. The number of nitrogens with two attached hydrogens (primary N) is 1. The van der Waals surface area contributed by atoms with Crippen molar-refractivity contribution in [3.05, 3.63) is 23.5 Å². The molecule has 0 bridgehead atoms. The topological polar surface area (TPSA) is 68.0 Å². The minimum Gasteiger partial charge on any atom is -0.398 e. The van der Waals surface area contributed by atoms with E-state index in [1.54, 1.807) is 12.3 Å². The third-order valence-electron chi connectivity index (χ3n) is 3.26. The van der Waals surface area contributed by atoms with Crippen LogP contribution >= 0.6 is 0 Å². The molecule has 92 valence electrons. The molecule has 1 aliphatic rings. The standard InChI is InChI=1S/C13H19N3O/c1-9-7-12(14)11(8-15-9)13(17)16-10-5-3-2-4-6-10/h7-8,10H,2-6H2,1H3,(H2,14,15)(H,16,17). The van der Waals surface area contributed by atoms with Gasteiger partial charge in [-0.1, -0.05) is 19.3 Å². The number of amides is 1. The van der Waals surface area contributed by atoms with Crippen LogP contribution in [0.1, 0.15) is 48.2 Å². The summed E-state index contributed by atoms with van der Waals surface area (Å²) in [6, 6.07) is 2.03. The highest BCUT2D eigenvalue weighted by Crippen LogP contribution is 2.18. The van der Waals surface area contributed by atoms with Crippen molar-refractivity contribution in [2.75, 3.05) is 5.73 Å². The molecule has 17 heavy (non-hydrogen) atoms. The first-order valence-corrected chi connectivity index (χ1v) is 6.20. The number of carbonyl (C=O) groups excluding carboxylic acids is 1. The lowest BCUT2D eigenvalue weighted by Crippen LogP contribution is -2.36. The van der Waals surface area contributed by atoms with Crippen LogP contribution in [0.2, 0.25) is 0 Å². The second-order valence-corrected chi connectivity index (χ2v) is 4.72. The number of nitrogens with zero attached hydrogens (tertiary/aromatic N) is 1. The summed E-state index contributed by atoms with van der Waals surface area (Å²) in [6.07, 6.45) is 7.39. The molecule has 1 amide bonds. The summed E-state index contributed by atoms with van der Waals surface area (Å²) in [6.45, 7) is 1.86. The lowest BCUT2D eigenvalue weighted by molar-refractivity contribution is 0.0928. The number of aryl methyl sites for hydroxylation is 1. The van der Waals surface area contributed by atoms with Crippen molar-refractivity contribution in [1.82, 2.24) is 10.3 Å². The highest BCUT2D eigenvalue weighted by Gasteiger charge is 2.18. The van der Waals surface area contributed by atoms with Gasteiger partial charge in [0.05, 0.1) is 5.56 Å². The Kier molecular flexibility index (Phi) is 3.61. The van der Waals surface area contributed by atoms with Gasteiger partial charge in [0.25, 0.3) is 5.91 Å². The van der Waals surface area contributed by atoms with Crippen LogP contribution in [-0.4, -0.2) is 16.9 Å². The Labute approximate surface area is 102 Å². The van der Waals surface area contributed by atoms with Crippen LogP contribution in [-0.2, 0) is 0 Å². The molecule has 0 radical (unpaired) electrons. The van der Waals surface area contributed by atoms with Crippen LogP contribution in [0.4, 0.5) is 5.69 Å². The number of anilines is 1. The average molecular weight is 233 g/mol. The molecule has 4 nitrogen and oxygen atoms in total. The lowest BCUT2D eigenvalue weighted by Gasteiger charge is -2.22. The second kappa shape index (κ2) is 5.17. The van der Waals surface area contributed by atoms with Crippen molar-refractivity contribution in [3.8, 4) is 0 Å². The van der Waals surface area contributed by atoms with Gasteiger partial charge >= 0.3 is 0 Å². The van der Waals surface area contributed by atoms with Gasteiger partial charge in [-0.05, 0) is 25.8 Å². The van der Waals surface area contributed by atoms with Crippen molar-refractivity contribution < 1.29 is 4.79 Å². The van der Waals surface area contributed by atoms with Gasteiger partial charge in [-0.3, -0.25) is 9.78 Å². The van der Waals surface area contributed by atoms with E-state index in [4.69, 9.17) is 5.73 Å². The normalized spacial score (nSPS) is 16.8. The SMILES string of the molecule is Cc1cc(N)c(C(=O)NC2CCCCC2)cn1. The van der Waals surface area contributed by atoms with Crippen LogP contribution < -0.4 is 11.1 Å². The van der Waals surface area contributed by atoms with Crippen molar-refractivity contribution >= 4 is 11.6 Å². The summed E-state index contributed by atoms with van der Waals surface area (Å²) >= 11 is 0. The number of pyridine rings is 1. The predicted octanol–water partition coefficient (Wildman–Crippen LogP) is 2.03. The van der Waals surface area contributed by atoms with Gasteiger partial charge in [-0.25, -0.2) is 0 Å². The van der Waals surface area contributed by atoms with Gasteiger partial charge in [0.1, 0.15) is 0 Å². The highest BCUT2D eigenvalue weighted by atomic mass is 16.1. The fourth-order valence-electron chi connectivity index (χ4n) is 2.28. The summed E-state index contributed by atoms with van der Waals surface area (Å²) in [5.74, 6) is -0.0955. The maximum atomic E-state index is 12.0. The van der Waals surface area contributed by atoms with Crippen molar-refractivity contribution in [2.45, 2.75) is 45.1 Å². The molecule has 1 aromatic rings. The van der Waals surface area contributed by atoms with E-state index in [0.717, 1.165) is 18.5 Å². The molecule has 1 heterocycles. The number of rotatable bonds is 2. The molecule has 2 rings (SSSR count). The van der Waals surface area contributed by atoms with E-state index >= 15 is 0 Å². The van der Waals surface area contributed by atoms with Crippen LogP contribution in [0.15, 0.2) is 12.3 Å². The fourth-order valence-corrected chi connectivity index (χ4v) is 2.28. The molecule has 0 saturated heterocycles. The first kappa shape index (κ1) is 11.9. The van der Waals surface area contributed by atoms with Gasteiger partial charge < -0.3 is 11.1 Å². The number of aromatic nitrogens is 1. The van der Waals surface area contributed by atoms with E-state index in [9.17, 15) is 4.79 Å². The molecule has 3 N–H and O–H groups in total. The Hall–Kier alpha value is -1.58. The zero-order chi connectivity index (χ0) is 12.3. The van der Waals surface area contributed by atoms with Crippen molar-refractivity contribution in [1.29, 1.82) is 0 Å². The molecule has 1 aromatic heterocycles. The van der Waals surface area contributed by atoms with Crippen LogP contribution in [0.5, 0.6) is 0 Å². The summed E-state index contributed by atoms with van der Waals surface area (Å²) in [5.41, 5.74) is 7.65. The molecular weight excluding hydrogens is 214 g/mol. The van der Waals surface area contributed by atoms with E-state index in [0.29, 0.717) is 17.3 Å². The maximum absolute atomic E-state index is 12.0. The number of carbonyl (C=O) groups is 1. The Morgan fingerprint density at radius 1 is 1.41 bits per heavy atom. The predicted molar refractivity (Wildman–Crippen MR) is 67.7 cm³/mol.